The number of amides is 2. The van der Waals surface area contributed by atoms with E-state index in [2.05, 4.69) is 5.32 Å². The minimum Gasteiger partial charge on any atom is -0.466 e. The summed E-state index contributed by atoms with van der Waals surface area (Å²) in [5.41, 5.74) is 1.79. The van der Waals surface area contributed by atoms with Crippen LogP contribution < -0.4 is 5.32 Å². The summed E-state index contributed by atoms with van der Waals surface area (Å²) in [6, 6.07) is 7.55. The quantitative estimate of drug-likeness (QED) is 0.590. The van der Waals surface area contributed by atoms with E-state index in [1.165, 1.54) is 29.8 Å². The number of benzene rings is 1. The number of nitrogens with zero attached hydrogens (tertiary/aromatic N) is 1. The maximum Gasteiger partial charge on any atom is 0.330 e. The van der Waals surface area contributed by atoms with Crippen LogP contribution in [0.4, 0.5) is 5.69 Å². The van der Waals surface area contributed by atoms with Gasteiger partial charge in [0.15, 0.2) is 12.4 Å². The second-order valence-corrected chi connectivity index (χ2v) is 7.88. The van der Waals surface area contributed by atoms with Gasteiger partial charge in [-0.1, -0.05) is 0 Å². The van der Waals surface area contributed by atoms with Crippen molar-refractivity contribution in [2.75, 3.05) is 17.7 Å². The van der Waals surface area contributed by atoms with Crippen molar-refractivity contribution < 1.29 is 28.3 Å². The predicted molar refractivity (Wildman–Crippen MR) is 104 cm³/mol. The first-order chi connectivity index (χ1) is 13.9. The number of esters is 1. The average Bonchev–Trinajstić information content (AvgIpc) is 3.42. The molecule has 2 aliphatic heterocycles. The molecule has 0 saturated carbocycles. The minimum absolute atomic E-state index is 0.120. The molecule has 1 saturated heterocycles. The highest BCUT2D eigenvalue weighted by Gasteiger charge is 2.43. The molecule has 150 valence electrons. The van der Waals surface area contributed by atoms with Crippen LogP contribution in [0.5, 0.6) is 0 Å². The predicted octanol–water partition coefficient (Wildman–Crippen LogP) is 2.16. The van der Waals surface area contributed by atoms with Gasteiger partial charge in [-0.2, -0.15) is 0 Å². The number of thioether (sulfide) groups is 1. The van der Waals surface area contributed by atoms with Gasteiger partial charge in [0.25, 0.3) is 0 Å². The Balaban J connectivity index is 1.40. The number of hydrogen-bond donors (Lipinski definition) is 1. The Morgan fingerprint density at radius 3 is 2.86 bits per heavy atom. The zero-order valence-electron chi connectivity index (χ0n) is 15.5. The highest BCUT2D eigenvalue weighted by atomic mass is 32.2. The molecule has 2 amide bonds. The van der Waals surface area contributed by atoms with E-state index >= 15 is 0 Å². The van der Waals surface area contributed by atoms with Crippen LogP contribution in [0, 0.1) is 0 Å². The van der Waals surface area contributed by atoms with Gasteiger partial charge in [-0.05, 0) is 35.9 Å². The molecule has 0 unspecified atom stereocenters. The van der Waals surface area contributed by atoms with E-state index in [0.717, 1.165) is 5.56 Å². The zero-order chi connectivity index (χ0) is 20.5. The fourth-order valence-corrected chi connectivity index (χ4v) is 4.86. The van der Waals surface area contributed by atoms with Crippen LogP contribution in [0.15, 0.2) is 41.0 Å². The Morgan fingerprint density at radius 1 is 1.31 bits per heavy atom. The Morgan fingerprint density at radius 2 is 2.14 bits per heavy atom. The summed E-state index contributed by atoms with van der Waals surface area (Å²) in [6.45, 7) is 0.949. The van der Waals surface area contributed by atoms with E-state index in [-0.39, 0.29) is 24.0 Å². The van der Waals surface area contributed by atoms with E-state index in [4.69, 9.17) is 9.15 Å². The van der Waals surface area contributed by atoms with E-state index in [0.29, 0.717) is 22.8 Å². The lowest BCUT2D eigenvalue weighted by Crippen LogP contribution is -2.43. The maximum absolute atomic E-state index is 12.6. The molecule has 0 aliphatic carbocycles. The fourth-order valence-electron chi connectivity index (χ4n) is 3.44. The van der Waals surface area contributed by atoms with Crippen molar-refractivity contribution in [3.05, 3.63) is 53.5 Å². The first-order valence-electron chi connectivity index (χ1n) is 9.00. The number of carbonyl (C=O) groups is 4. The molecule has 0 bridgehead atoms. The number of fused-ring (bicyclic) bond motifs is 1. The van der Waals surface area contributed by atoms with Gasteiger partial charge in [0.05, 0.1) is 12.7 Å². The van der Waals surface area contributed by atoms with E-state index in [1.54, 1.807) is 30.3 Å². The fraction of sp³-hybridized carbons (Fsp3) is 0.300. The van der Waals surface area contributed by atoms with Gasteiger partial charge in [0.1, 0.15) is 17.2 Å². The van der Waals surface area contributed by atoms with Gasteiger partial charge in [-0.25, -0.2) is 4.79 Å². The second kappa shape index (κ2) is 7.75. The number of furan rings is 1. The molecule has 9 heteroatoms. The summed E-state index contributed by atoms with van der Waals surface area (Å²) in [7, 11) is 0. The number of carbonyl (C=O) groups excluding carboxylic acids is 4. The number of Topliss-reactive ketones (excluding diaryl/α,β-unsaturated/α-hetero) is 1. The largest absolute Gasteiger partial charge is 0.466 e. The van der Waals surface area contributed by atoms with Crippen LogP contribution in [0.2, 0.25) is 0 Å². The standard InChI is InChI=1S/C20H18N2O6S/c1-11(23)22-15(10-29-19(22)17-3-2-6-27-17)20(26)28-9-16(24)12-4-5-14-13(7-12)8-18(25)21-14/h2-7,15,19H,8-10H2,1H3,(H,21,25)/t15-,19+/m1/s1. The molecule has 0 radical (unpaired) electrons. The molecule has 2 aromatic rings. The first kappa shape index (κ1) is 19.3. The Bertz CT molecular complexity index is 987. The molecule has 1 fully saturated rings. The van der Waals surface area contributed by atoms with Crippen molar-refractivity contribution in [3.63, 3.8) is 0 Å². The van der Waals surface area contributed by atoms with Gasteiger partial charge >= 0.3 is 5.97 Å². The number of ether oxygens (including phenoxy) is 1. The second-order valence-electron chi connectivity index (χ2n) is 6.77. The van der Waals surface area contributed by atoms with Crippen molar-refractivity contribution in [2.24, 2.45) is 0 Å². The maximum atomic E-state index is 12.6. The molecule has 1 aromatic heterocycles. The van der Waals surface area contributed by atoms with Gasteiger partial charge < -0.3 is 19.4 Å². The van der Waals surface area contributed by atoms with Gasteiger partial charge in [0.2, 0.25) is 11.8 Å². The normalized spacial score (nSPS) is 20.3. The third-order valence-electron chi connectivity index (χ3n) is 4.82. The molecular formula is C20H18N2O6S. The lowest BCUT2D eigenvalue weighted by molar-refractivity contribution is -0.152. The Hall–Kier alpha value is -3.07. The van der Waals surface area contributed by atoms with Crippen LogP contribution in [0.1, 0.15) is 34.0 Å². The van der Waals surface area contributed by atoms with Gasteiger partial charge in [-0.3, -0.25) is 14.4 Å². The van der Waals surface area contributed by atoms with Crippen molar-refractivity contribution >= 4 is 41.0 Å². The zero-order valence-corrected chi connectivity index (χ0v) is 16.4. The summed E-state index contributed by atoms with van der Waals surface area (Å²) < 4.78 is 10.6. The lowest BCUT2D eigenvalue weighted by Gasteiger charge is -2.25. The Kier molecular flexibility index (Phi) is 5.14. The number of rotatable bonds is 5. The first-order valence-corrected chi connectivity index (χ1v) is 10.1. The number of nitrogens with one attached hydrogen (secondary N) is 1. The molecule has 1 N–H and O–H groups in total. The van der Waals surface area contributed by atoms with Crippen LogP contribution in [-0.4, -0.2) is 46.9 Å². The minimum atomic E-state index is -0.790. The monoisotopic (exact) mass is 414 g/mol. The van der Waals surface area contributed by atoms with Crippen LogP contribution in [-0.2, 0) is 25.5 Å². The summed E-state index contributed by atoms with van der Waals surface area (Å²) in [6.07, 6.45) is 1.73. The van der Waals surface area contributed by atoms with E-state index in [1.807, 2.05) is 0 Å². The molecule has 2 atom stereocenters. The number of hydrogen-bond acceptors (Lipinski definition) is 7. The molecule has 2 aliphatic rings. The summed E-state index contributed by atoms with van der Waals surface area (Å²) >= 11 is 1.40. The van der Waals surface area contributed by atoms with Crippen LogP contribution in [0.3, 0.4) is 0 Å². The van der Waals surface area contributed by atoms with Crippen molar-refractivity contribution in [2.45, 2.75) is 24.8 Å². The third-order valence-corrected chi connectivity index (χ3v) is 6.10. The van der Waals surface area contributed by atoms with E-state index < -0.39 is 24.0 Å². The van der Waals surface area contributed by atoms with Crippen molar-refractivity contribution in [1.29, 1.82) is 0 Å². The van der Waals surface area contributed by atoms with Crippen molar-refractivity contribution in [1.82, 2.24) is 4.90 Å². The molecule has 29 heavy (non-hydrogen) atoms. The van der Waals surface area contributed by atoms with Gasteiger partial charge in [-0.15, -0.1) is 11.8 Å². The third kappa shape index (κ3) is 3.77. The molecule has 4 rings (SSSR count). The summed E-state index contributed by atoms with van der Waals surface area (Å²) in [5.74, 6) is -0.468. The van der Waals surface area contributed by atoms with Crippen LogP contribution in [0.25, 0.3) is 0 Å². The van der Waals surface area contributed by atoms with Gasteiger partial charge in [0, 0.05) is 23.9 Å². The molecule has 8 nitrogen and oxygen atoms in total. The average molecular weight is 414 g/mol. The highest BCUT2D eigenvalue weighted by Crippen LogP contribution is 2.41. The number of anilines is 1. The van der Waals surface area contributed by atoms with Crippen LogP contribution >= 0.6 is 11.8 Å². The highest BCUT2D eigenvalue weighted by molar-refractivity contribution is 7.99. The smallest absolute Gasteiger partial charge is 0.330 e. The molecule has 1 aromatic carbocycles. The van der Waals surface area contributed by atoms with Crippen molar-refractivity contribution in [3.8, 4) is 0 Å². The SMILES string of the molecule is CC(=O)N1[C@@H](C(=O)OCC(=O)c2ccc3c(c2)CC(=O)N3)CS[C@H]1c1ccco1. The molecular weight excluding hydrogens is 396 g/mol. The topological polar surface area (TPSA) is 106 Å². The molecule has 0 spiro atoms. The number of ketones is 1. The summed E-state index contributed by atoms with van der Waals surface area (Å²) in [5, 5.41) is 2.29. The Labute approximate surface area is 170 Å². The lowest BCUT2D eigenvalue weighted by atomic mass is 10.1. The van der Waals surface area contributed by atoms with E-state index in [9.17, 15) is 19.2 Å². The molecule has 3 heterocycles. The summed E-state index contributed by atoms with van der Waals surface area (Å²) in [4.78, 5) is 50.0.